The maximum atomic E-state index is 6.42. The minimum Gasteiger partial charge on any atom is -0.382 e. The Balaban J connectivity index is 1.56. The molecule has 2 nitrogen and oxygen atoms in total. The molecule has 0 aromatic heterocycles. The average molecular weight is 273 g/mol. The maximum absolute atomic E-state index is 6.42. The molecule has 1 unspecified atom stereocenters. The molecule has 1 aromatic carbocycles. The van der Waals surface area contributed by atoms with E-state index in [4.69, 9.17) is 4.74 Å². The molecule has 2 fully saturated rings. The van der Waals surface area contributed by atoms with Gasteiger partial charge in [-0.3, -0.25) is 0 Å². The molecule has 2 heteroatoms. The summed E-state index contributed by atoms with van der Waals surface area (Å²) in [6.07, 6.45) is 9.57. The molecule has 1 aliphatic carbocycles. The Bertz CT molecular complexity index is 462. The van der Waals surface area contributed by atoms with Gasteiger partial charge in [0.1, 0.15) is 0 Å². The van der Waals surface area contributed by atoms with Gasteiger partial charge in [0.05, 0.1) is 11.7 Å². The molecular formula is C18H27NO. The van der Waals surface area contributed by atoms with E-state index in [0.717, 1.165) is 6.54 Å². The van der Waals surface area contributed by atoms with Gasteiger partial charge in [0.2, 0.25) is 0 Å². The topological polar surface area (TPSA) is 21.3 Å². The molecule has 0 amide bonds. The predicted molar refractivity (Wildman–Crippen MR) is 84.3 cm³/mol. The minimum absolute atomic E-state index is 0.242. The highest BCUT2D eigenvalue weighted by Crippen LogP contribution is 2.41. The molecule has 20 heavy (non-hydrogen) atoms. The van der Waals surface area contributed by atoms with Crippen molar-refractivity contribution in [1.29, 1.82) is 0 Å². The molecule has 1 aliphatic heterocycles. The van der Waals surface area contributed by atoms with Gasteiger partial charge < -0.3 is 10.1 Å². The molecule has 1 saturated carbocycles. The Morgan fingerprint density at radius 3 is 2.75 bits per heavy atom. The van der Waals surface area contributed by atoms with E-state index < -0.39 is 0 Å². The van der Waals surface area contributed by atoms with E-state index in [0.29, 0.717) is 6.10 Å². The van der Waals surface area contributed by atoms with Crippen LogP contribution in [0.5, 0.6) is 0 Å². The van der Waals surface area contributed by atoms with E-state index in [-0.39, 0.29) is 5.60 Å². The third kappa shape index (κ3) is 2.85. The van der Waals surface area contributed by atoms with E-state index in [1.54, 1.807) is 0 Å². The number of nitrogens with one attached hydrogen (secondary N) is 1. The standard InChI is InChI=1S/C18H27NO/c1-14-7-6-8-17(15(14)2)19-13-16-9-12-18(20-16)10-4-3-5-11-18/h6-8,16,19H,3-5,9-13H2,1-2H3. The monoisotopic (exact) mass is 273 g/mol. The molecule has 3 rings (SSSR count). The first-order valence-corrected chi connectivity index (χ1v) is 8.16. The largest absolute Gasteiger partial charge is 0.382 e. The molecule has 1 spiro atoms. The van der Waals surface area contributed by atoms with Gasteiger partial charge >= 0.3 is 0 Å². The Morgan fingerprint density at radius 1 is 1.15 bits per heavy atom. The number of hydrogen-bond acceptors (Lipinski definition) is 2. The van der Waals surface area contributed by atoms with E-state index in [2.05, 4.69) is 37.4 Å². The Kier molecular flexibility index (Phi) is 4.02. The van der Waals surface area contributed by atoms with Gasteiger partial charge in [-0.05, 0) is 56.7 Å². The molecule has 1 saturated heterocycles. The van der Waals surface area contributed by atoms with Crippen LogP contribution < -0.4 is 5.32 Å². The second-order valence-corrected chi connectivity index (χ2v) is 6.65. The maximum Gasteiger partial charge on any atom is 0.0756 e. The van der Waals surface area contributed by atoms with E-state index >= 15 is 0 Å². The van der Waals surface area contributed by atoms with E-state index in [1.165, 1.54) is 61.8 Å². The zero-order valence-electron chi connectivity index (χ0n) is 12.9. The number of anilines is 1. The summed E-state index contributed by atoms with van der Waals surface area (Å²) in [5, 5.41) is 3.59. The summed E-state index contributed by atoms with van der Waals surface area (Å²) in [5.74, 6) is 0. The molecule has 1 N–H and O–H groups in total. The summed E-state index contributed by atoms with van der Waals surface area (Å²) < 4.78 is 6.42. The Morgan fingerprint density at radius 2 is 1.95 bits per heavy atom. The van der Waals surface area contributed by atoms with E-state index in [1.807, 2.05) is 0 Å². The zero-order valence-corrected chi connectivity index (χ0v) is 12.9. The summed E-state index contributed by atoms with van der Waals surface area (Å²) in [7, 11) is 0. The third-order valence-corrected chi connectivity index (χ3v) is 5.23. The fraction of sp³-hybridized carbons (Fsp3) is 0.667. The van der Waals surface area contributed by atoms with Gasteiger partial charge in [0, 0.05) is 12.2 Å². The molecule has 1 atom stereocenters. The van der Waals surface area contributed by atoms with Crippen LogP contribution in [0.3, 0.4) is 0 Å². The van der Waals surface area contributed by atoms with Crippen LogP contribution in [0.1, 0.15) is 56.1 Å². The third-order valence-electron chi connectivity index (χ3n) is 5.23. The van der Waals surface area contributed by atoms with Crippen molar-refractivity contribution in [3.8, 4) is 0 Å². The van der Waals surface area contributed by atoms with Crippen LogP contribution >= 0.6 is 0 Å². The van der Waals surface area contributed by atoms with Crippen molar-refractivity contribution >= 4 is 5.69 Å². The molecular weight excluding hydrogens is 246 g/mol. The quantitative estimate of drug-likeness (QED) is 0.869. The van der Waals surface area contributed by atoms with Gasteiger partial charge in [0.25, 0.3) is 0 Å². The highest BCUT2D eigenvalue weighted by Gasteiger charge is 2.40. The first-order valence-electron chi connectivity index (χ1n) is 8.16. The number of ether oxygens (including phenoxy) is 1. The molecule has 2 aliphatic rings. The second kappa shape index (κ2) is 5.77. The second-order valence-electron chi connectivity index (χ2n) is 6.65. The fourth-order valence-corrected chi connectivity index (χ4v) is 3.77. The Hall–Kier alpha value is -1.02. The predicted octanol–water partition coefficient (Wildman–Crippen LogP) is 4.60. The van der Waals surface area contributed by atoms with Crippen molar-refractivity contribution < 1.29 is 4.74 Å². The van der Waals surface area contributed by atoms with Crippen LogP contribution in [0.4, 0.5) is 5.69 Å². The first kappa shape index (κ1) is 13.9. The number of hydrogen-bond donors (Lipinski definition) is 1. The van der Waals surface area contributed by atoms with Gasteiger partial charge in [-0.1, -0.05) is 31.4 Å². The summed E-state index contributed by atoms with van der Waals surface area (Å²) >= 11 is 0. The SMILES string of the molecule is Cc1cccc(NCC2CCC3(CCCCC3)O2)c1C. The average Bonchev–Trinajstić information content (AvgIpc) is 2.84. The highest BCUT2D eigenvalue weighted by molar-refractivity contribution is 5.53. The number of aryl methyl sites for hydroxylation is 1. The van der Waals surface area contributed by atoms with Crippen molar-refractivity contribution in [2.45, 2.75) is 70.5 Å². The Labute approximate surface area is 122 Å². The van der Waals surface area contributed by atoms with Gasteiger partial charge in [-0.25, -0.2) is 0 Å². The lowest BCUT2D eigenvalue weighted by atomic mass is 9.83. The van der Waals surface area contributed by atoms with Crippen LogP contribution in [0.25, 0.3) is 0 Å². The van der Waals surface area contributed by atoms with Crippen LogP contribution in [0, 0.1) is 13.8 Å². The normalized spacial score (nSPS) is 25.0. The van der Waals surface area contributed by atoms with Crippen molar-refractivity contribution in [1.82, 2.24) is 0 Å². The smallest absolute Gasteiger partial charge is 0.0756 e. The molecule has 1 heterocycles. The summed E-state index contributed by atoms with van der Waals surface area (Å²) in [6.45, 7) is 5.31. The summed E-state index contributed by atoms with van der Waals surface area (Å²) in [6, 6.07) is 6.47. The van der Waals surface area contributed by atoms with Gasteiger partial charge in [0.15, 0.2) is 0 Å². The summed E-state index contributed by atoms with van der Waals surface area (Å²) in [4.78, 5) is 0. The van der Waals surface area contributed by atoms with Crippen LogP contribution in [0.2, 0.25) is 0 Å². The minimum atomic E-state index is 0.242. The lowest BCUT2D eigenvalue weighted by Gasteiger charge is -2.33. The first-order chi connectivity index (χ1) is 9.69. The van der Waals surface area contributed by atoms with Crippen LogP contribution in [-0.4, -0.2) is 18.2 Å². The van der Waals surface area contributed by atoms with Gasteiger partial charge in [-0.15, -0.1) is 0 Å². The fourth-order valence-electron chi connectivity index (χ4n) is 3.77. The summed E-state index contributed by atoms with van der Waals surface area (Å²) in [5.41, 5.74) is 4.22. The molecule has 0 bridgehead atoms. The van der Waals surface area contributed by atoms with Crippen molar-refractivity contribution in [2.24, 2.45) is 0 Å². The number of rotatable bonds is 3. The molecule has 1 aromatic rings. The van der Waals surface area contributed by atoms with E-state index in [9.17, 15) is 0 Å². The zero-order chi connectivity index (χ0) is 14.0. The van der Waals surface area contributed by atoms with Gasteiger partial charge in [-0.2, -0.15) is 0 Å². The number of benzene rings is 1. The lowest BCUT2D eigenvalue weighted by molar-refractivity contribution is -0.0588. The van der Waals surface area contributed by atoms with Crippen molar-refractivity contribution in [2.75, 3.05) is 11.9 Å². The lowest BCUT2D eigenvalue weighted by Crippen LogP contribution is -2.33. The van der Waals surface area contributed by atoms with Crippen LogP contribution in [-0.2, 0) is 4.74 Å². The highest BCUT2D eigenvalue weighted by atomic mass is 16.5. The van der Waals surface area contributed by atoms with Crippen LogP contribution in [0.15, 0.2) is 18.2 Å². The molecule has 0 radical (unpaired) electrons. The molecule has 110 valence electrons. The van der Waals surface area contributed by atoms with Crippen molar-refractivity contribution in [3.05, 3.63) is 29.3 Å². The van der Waals surface area contributed by atoms with Crippen molar-refractivity contribution in [3.63, 3.8) is 0 Å².